The third-order valence-electron chi connectivity index (χ3n) is 3.98. The van der Waals surface area contributed by atoms with Gasteiger partial charge in [-0.25, -0.2) is 0 Å². The minimum Gasteiger partial charge on any atom is -0.435 e. The summed E-state index contributed by atoms with van der Waals surface area (Å²) in [6.45, 7) is -2.33. The first-order valence-corrected chi connectivity index (χ1v) is 9.51. The largest absolute Gasteiger partial charge is 0.435 e. The molecule has 0 saturated carbocycles. The van der Waals surface area contributed by atoms with E-state index in [1.807, 2.05) is 18.2 Å². The van der Waals surface area contributed by atoms with Crippen LogP contribution in [0.5, 0.6) is 5.75 Å². The van der Waals surface area contributed by atoms with E-state index in [0.29, 0.717) is 18.7 Å². The van der Waals surface area contributed by atoms with Gasteiger partial charge in [0.25, 0.3) is 0 Å². The number of nitrogens with one attached hydrogen (secondary N) is 1. The lowest BCUT2D eigenvalue weighted by Gasteiger charge is -2.08. The van der Waals surface area contributed by atoms with E-state index in [0.717, 1.165) is 15.8 Å². The van der Waals surface area contributed by atoms with Gasteiger partial charge < -0.3 is 10.1 Å². The molecule has 1 amide bonds. The molecule has 6 heteroatoms. The van der Waals surface area contributed by atoms with Crippen LogP contribution in [0, 0.1) is 0 Å². The van der Waals surface area contributed by atoms with Crippen molar-refractivity contribution in [2.45, 2.75) is 17.9 Å². The van der Waals surface area contributed by atoms with Crippen molar-refractivity contribution in [1.82, 2.24) is 5.32 Å². The van der Waals surface area contributed by atoms with Crippen LogP contribution in [-0.2, 0) is 11.2 Å². The number of amides is 1. The van der Waals surface area contributed by atoms with E-state index in [1.54, 1.807) is 12.1 Å². The summed E-state index contributed by atoms with van der Waals surface area (Å²) >= 11 is 1.50. The van der Waals surface area contributed by atoms with E-state index < -0.39 is 6.61 Å². The molecular weight excluding hydrogens is 368 g/mol. The van der Waals surface area contributed by atoms with Crippen molar-refractivity contribution < 1.29 is 18.3 Å². The van der Waals surface area contributed by atoms with Crippen LogP contribution in [-0.4, -0.2) is 24.8 Å². The van der Waals surface area contributed by atoms with Crippen molar-refractivity contribution in [2.75, 3.05) is 12.3 Å². The summed E-state index contributed by atoms with van der Waals surface area (Å²) in [5, 5.41) is 5.21. The van der Waals surface area contributed by atoms with E-state index in [9.17, 15) is 13.6 Å². The highest BCUT2D eigenvalue weighted by atomic mass is 32.2. The van der Waals surface area contributed by atoms with Crippen LogP contribution < -0.4 is 10.1 Å². The van der Waals surface area contributed by atoms with Gasteiger partial charge in [0, 0.05) is 11.4 Å². The Balaban J connectivity index is 1.41. The minimum atomic E-state index is -2.82. The molecule has 0 aliphatic rings. The van der Waals surface area contributed by atoms with Gasteiger partial charge in [-0.2, -0.15) is 8.78 Å². The predicted octanol–water partition coefficient (Wildman–Crippen LogP) is 4.89. The molecule has 0 heterocycles. The molecule has 0 aliphatic heterocycles. The Bertz CT molecular complexity index is 900. The van der Waals surface area contributed by atoms with Crippen molar-refractivity contribution in [3.05, 3.63) is 72.3 Å². The second kappa shape index (κ2) is 9.37. The highest BCUT2D eigenvalue weighted by molar-refractivity contribution is 8.00. The summed E-state index contributed by atoms with van der Waals surface area (Å²) in [5.41, 5.74) is 0.944. The third kappa shape index (κ3) is 5.96. The zero-order valence-electron chi connectivity index (χ0n) is 14.5. The van der Waals surface area contributed by atoms with Crippen LogP contribution >= 0.6 is 11.8 Å². The summed E-state index contributed by atoms with van der Waals surface area (Å²) in [6.07, 6.45) is 0.626. The third-order valence-corrected chi connectivity index (χ3v) is 4.97. The first-order valence-electron chi connectivity index (χ1n) is 8.52. The van der Waals surface area contributed by atoms with Crippen molar-refractivity contribution in [3.8, 4) is 5.75 Å². The molecule has 0 spiro atoms. The fraction of sp³-hybridized carbons (Fsp3) is 0.190. The van der Waals surface area contributed by atoms with Gasteiger partial charge in [-0.1, -0.05) is 42.5 Å². The standard InChI is InChI=1S/C21H19F2NO2S/c22-21(23)26-18-8-5-15(6-9-18)11-12-24-20(25)14-27-19-10-7-16-3-1-2-4-17(16)13-19/h1-10,13,21H,11-12,14H2,(H,24,25). The summed E-state index contributed by atoms with van der Waals surface area (Å²) < 4.78 is 28.5. The second-order valence-electron chi connectivity index (χ2n) is 5.92. The Morgan fingerprint density at radius 1 is 1.00 bits per heavy atom. The van der Waals surface area contributed by atoms with E-state index in [-0.39, 0.29) is 11.7 Å². The number of rotatable bonds is 8. The van der Waals surface area contributed by atoms with Gasteiger partial charge in [-0.05, 0) is 47.0 Å². The predicted molar refractivity (Wildman–Crippen MR) is 104 cm³/mol. The number of carbonyl (C=O) groups excluding carboxylic acids is 1. The summed E-state index contributed by atoms with van der Waals surface area (Å²) in [5.74, 6) is 0.440. The summed E-state index contributed by atoms with van der Waals surface area (Å²) in [4.78, 5) is 13.1. The Morgan fingerprint density at radius 2 is 1.74 bits per heavy atom. The molecule has 0 aliphatic carbocycles. The Labute approximate surface area is 160 Å². The van der Waals surface area contributed by atoms with Crippen LogP contribution in [0.4, 0.5) is 8.78 Å². The van der Waals surface area contributed by atoms with Crippen LogP contribution in [0.2, 0.25) is 0 Å². The number of benzene rings is 3. The van der Waals surface area contributed by atoms with E-state index in [1.165, 1.54) is 29.3 Å². The number of halogens is 2. The SMILES string of the molecule is O=C(CSc1ccc2ccccc2c1)NCCc1ccc(OC(F)F)cc1. The lowest BCUT2D eigenvalue weighted by molar-refractivity contribution is -0.118. The highest BCUT2D eigenvalue weighted by Gasteiger charge is 2.05. The molecule has 0 bridgehead atoms. The fourth-order valence-electron chi connectivity index (χ4n) is 2.64. The van der Waals surface area contributed by atoms with Crippen LogP contribution in [0.25, 0.3) is 10.8 Å². The smallest absolute Gasteiger partial charge is 0.387 e. The molecule has 27 heavy (non-hydrogen) atoms. The maximum atomic E-state index is 12.1. The lowest BCUT2D eigenvalue weighted by Crippen LogP contribution is -2.27. The Morgan fingerprint density at radius 3 is 2.48 bits per heavy atom. The molecule has 0 aromatic heterocycles. The Kier molecular flexibility index (Phi) is 6.65. The van der Waals surface area contributed by atoms with Gasteiger partial charge in [-0.15, -0.1) is 11.8 Å². The van der Waals surface area contributed by atoms with Gasteiger partial charge in [0.1, 0.15) is 5.75 Å². The first-order chi connectivity index (χ1) is 13.1. The fourth-order valence-corrected chi connectivity index (χ4v) is 3.42. The van der Waals surface area contributed by atoms with E-state index in [2.05, 4.69) is 34.3 Å². The molecule has 140 valence electrons. The van der Waals surface area contributed by atoms with Crippen molar-refractivity contribution >= 4 is 28.4 Å². The number of ether oxygens (including phenoxy) is 1. The van der Waals surface area contributed by atoms with Crippen molar-refractivity contribution in [1.29, 1.82) is 0 Å². The molecule has 3 aromatic carbocycles. The monoisotopic (exact) mass is 387 g/mol. The maximum absolute atomic E-state index is 12.1. The number of thioether (sulfide) groups is 1. The molecule has 0 atom stereocenters. The van der Waals surface area contributed by atoms with Crippen molar-refractivity contribution in [3.63, 3.8) is 0 Å². The normalized spacial score (nSPS) is 10.9. The highest BCUT2D eigenvalue weighted by Crippen LogP contribution is 2.23. The van der Waals surface area contributed by atoms with Gasteiger partial charge in [0.05, 0.1) is 5.75 Å². The summed E-state index contributed by atoms with van der Waals surface area (Å²) in [7, 11) is 0. The van der Waals surface area contributed by atoms with E-state index >= 15 is 0 Å². The van der Waals surface area contributed by atoms with Gasteiger partial charge >= 0.3 is 6.61 Å². The number of alkyl halides is 2. The number of fused-ring (bicyclic) bond motifs is 1. The number of hydrogen-bond donors (Lipinski definition) is 1. The van der Waals surface area contributed by atoms with Crippen LogP contribution in [0.1, 0.15) is 5.56 Å². The quantitative estimate of drug-likeness (QED) is 0.559. The number of carbonyl (C=O) groups is 1. The molecule has 3 nitrogen and oxygen atoms in total. The lowest BCUT2D eigenvalue weighted by atomic mass is 10.1. The molecule has 1 N–H and O–H groups in total. The zero-order chi connectivity index (χ0) is 19.1. The van der Waals surface area contributed by atoms with E-state index in [4.69, 9.17) is 0 Å². The molecule has 3 rings (SSSR count). The molecule has 0 unspecified atom stereocenters. The second-order valence-corrected chi connectivity index (χ2v) is 6.97. The molecule has 3 aromatic rings. The van der Waals surface area contributed by atoms with Gasteiger partial charge in [0.2, 0.25) is 5.91 Å². The minimum absolute atomic E-state index is 0.0363. The average molecular weight is 387 g/mol. The topological polar surface area (TPSA) is 38.3 Å². The first kappa shape index (κ1) is 19.2. The van der Waals surface area contributed by atoms with Crippen LogP contribution in [0.3, 0.4) is 0 Å². The average Bonchev–Trinajstić information content (AvgIpc) is 2.67. The van der Waals surface area contributed by atoms with Crippen LogP contribution in [0.15, 0.2) is 71.6 Å². The van der Waals surface area contributed by atoms with Crippen molar-refractivity contribution in [2.24, 2.45) is 0 Å². The molecule has 0 radical (unpaired) electrons. The number of hydrogen-bond acceptors (Lipinski definition) is 3. The molecule has 0 saturated heterocycles. The van der Waals surface area contributed by atoms with Gasteiger partial charge in [-0.3, -0.25) is 4.79 Å². The summed E-state index contributed by atoms with van der Waals surface area (Å²) in [6, 6.07) is 20.7. The molecular formula is C21H19F2NO2S. The Hall–Kier alpha value is -2.60. The molecule has 0 fully saturated rings. The zero-order valence-corrected chi connectivity index (χ0v) is 15.3. The van der Waals surface area contributed by atoms with Gasteiger partial charge in [0.15, 0.2) is 0 Å². The maximum Gasteiger partial charge on any atom is 0.387 e.